The van der Waals surface area contributed by atoms with E-state index in [0.717, 1.165) is 0 Å². The summed E-state index contributed by atoms with van der Waals surface area (Å²) in [6, 6.07) is 7.04. The van der Waals surface area contributed by atoms with E-state index in [4.69, 9.17) is 9.94 Å². The van der Waals surface area contributed by atoms with Crippen molar-refractivity contribution in [3.63, 3.8) is 0 Å². The third-order valence-corrected chi connectivity index (χ3v) is 2.10. The van der Waals surface area contributed by atoms with E-state index in [1.165, 1.54) is 0 Å². The average Bonchev–Trinajstić information content (AvgIpc) is 2.26. The minimum absolute atomic E-state index is 0.418. The molecule has 0 aliphatic rings. The normalized spacial score (nSPS) is 12.1. The Kier molecular flexibility index (Phi) is 4.31. The van der Waals surface area contributed by atoms with E-state index in [9.17, 15) is 4.79 Å². The number of para-hydroxylation sites is 1. The van der Waals surface area contributed by atoms with E-state index in [1.54, 1.807) is 52.0 Å². The molecule has 1 aromatic carbocycles. The second-order valence-corrected chi connectivity index (χ2v) is 4.86. The quantitative estimate of drug-likeness (QED) is 0.481. The first kappa shape index (κ1) is 14.0. The maximum absolute atomic E-state index is 11.7. The van der Waals surface area contributed by atoms with E-state index in [1.807, 2.05) is 0 Å². The van der Waals surface area contributed by atoms with Crippen molar-refractivity contribution in [3.8, 4) is 0 Å². The van der Waals surface area contributed by atoms with Crippen LogP contribution in [-0.4, -0.2) is 22.6 Å². The summed E-state index contributed by atoms with van der Waals surface area (Å²) in [5, 5.41) is 14.5. The van der Waals surface area contributed by atoms with Crippen molar-refractivity contribution < 1.29 is 14.7 Å². The third-order valence-electron chi connectivity index (χ3n) is 2.10. The molecule has 0 spiro atoms. The maximum Gasteiger partial charge on any atom is 0.412 e. The van der Waals surface area contributed by atoms with Crippen LogP contribution in [0.1, 0.15) is 33.3 Å². The molecular formula is C13H18N2O3. The van der Waals surface area contributed by atoms with Crippen LogP contribution < -0.4 is 5.32 Å². The number of oxime groups is 1. The highest BCUT2D eigenvalue weighted by molar-refractivity contribution is 6.05. The maximum atomic E-state index is 11.7. The van der Waals surface area contributed by atoms with Gasteiger partial charge < -0.3 is 9.94 Å². The van der Waals surface area contributed by atoms with E-state index < -0.39 is 11.7 Å². The topological polar surface area (TPSA) is 70.9 Å². The summed E-state index contributed by atoms with van der Waals surface area (Å²) in [5.41, 5.74) is 1.05. The number of carbonyl (C=O) groups excluding carboxylic acids is 1. The molecule has 0 aliphatic carbocycles. The van der Waals surface area contributed by atoms with Gasteiger partial charge in [-0.1, -0.05) is 23.4 Å². The molecule has 0 saturated carbocycles. The smallest absolute Gasteiger partial charge is 0.412 e. The lowest BCUT2D eigenvalue weighted by Gasteiger charge is -2.20. The Bertz CT molecular complexity index is 462. The van der Waals surface area contributed by atoms with Crippen LogP contribution >= 0.6 is 0 Å². The zero-order valence-electron chi connectivity index (χ0n) is 11.0. The molecule has 0 bridgehead atoms. The highest BCUT2D eigenvalue weighted by Gasteiger charge is 2.17. The van der Waals surface area contributed by atoms with E-state index in [2.05, 4.69) is 10.5 Å². The molecule has 1 aromatic rings. The molecule has 0 unspecified atom stereocenters. The Labute approximate surface area is 106 Å². The van der Waals surface area contributed by atoms with Gasteiger partial charge in [0.05, 0.1) is 11.4 Å². The number of anilines is 1. The minimum Gasteiger partial charge on any atom is -0.444 e. The molecule has 18 heavy (non-hydrogen) atoms. The fraction of sp³-hybridized carbons (Fsp3) is 0.385. The molecule has 5 nitrogen and oxygen atoms in total. The zero-order valence-corrected chi connectivity index (χ0v) is 11.0. The molecule has 2 N–H and O–H groups in total. The lowest BCUT2D eigenvalue weighted by molar-refractivity contribution is 0.0636. The first-order valence-corrected chi connectivity index (χ1v) is 5.61. The van der Waals surface area contributed by atoms with Gasteiger partial charge in [-0.15, -0.1) is 0 Å². The third kappa shape index (κ3) is 4.08. The lowest BCUT2D eigenvalue weighted by Crippen LogP contribution is -2.27. The second-order valence-electron chi connectivity index (χ2n) is 4.86. The van der Waals surface area contributed by atoms with Crippen molar-refractivity contribution in [1.29, 1.82) is 0 Å². The van der Waals surface area contributed by atoms with E-state index in [-0.39, 0.29) is 0 Å². The van der Waals surface area contributed by atoms with Crippen LogP contribution in [0.25, 0.3) is 0 Å². The standard InChI is InChI=1S/C13H18N2O3/c1-9(15-17)10-7-5-6-8-11(10)14-12(16)18-13(2,3)4/h5-8,17H,1-4H3,(H,14,16)/b15-9-. The van der Waals surface area contributed by atoms with Crippen molar-refractivity contribution in [2.75, 3.05) is 5.32 Å². The molecule has 0 heterocycles. The lowest BCUT2D eigenvalue weighted by atomic mass is 10.1. The Morgan fingerprint density at radius 2 is 1.94 bits per heavy atom. The molecule has 98 valence electrons. The number of ether oxygens (including phenoxy) is 1. The summed E-state index contributed by atoms with van der Waals surface area (Å²) < 4.78 is 5.16. The number of carbonyl (C=O) groups is 1. The van der Waals surface area contributed by atoms with Crippen LogP contribution in [0.2, 0.25) is 0 Å². The number of nitrogens with zero attached hydrogens (tertiary/aromatic N) is 1. The van der Waals surface area contributed by atoms with E-state index in [0.29, 0.717) is 17.0 Å². The first-order chi connectivity index (χ1) is 8.33. The Morgan fingerprint density at radius 1 is 1.33 bits per heavy atom. The second kappa shape index (κ2) is 5.53. The van der Waals surface area contributed by atoms with Crippen molar-refractivity contribution in [1.82, 2.24) is 0 Å². The largest absolute Gasteiger partial charge is 0.444 e. The molecule has 1 amide bonds. The first-order valence-electron chi connectivity index (χ1n) is 5.61. The molecule has 0 fully saturated rings. The number of benzene rings is 1. The van der Waals surface area contributed by atoms with Crippen molar-refractivity contribution in [3.05, 3.63) is 29.8 Å². The summed E-state index contributed by atoms with van der Waals surface area (Å²) in [7, 11) is 0. The van der Waals surface area contributed by atoms with E-state index >= 15 is 0 Å². The molecule has 0 radical (unpaired) electrons. The van der Waals surface area contributed by atoms with Gasteiger partial charge in [-0.3, -0.25) is 5.32 Å². The average molecular weight is 250 g/mol. The van der Waals surface area contributed by atoms with Gasteiger partial charge in [-0.2, -0.15) is 0 Å². The van der Waals surface area contributed by atoms with Crippen LogP contribution in [0.5, 0.6) is 0 Å². The van der Waals surface area contributed by atoms with Crippen LogP contribution in [0.3, 0.4) is 0 Å². The predicted molar refractivity (Wildman–Crippen MR) is 70.3 cm³/mol. The Hall–Kier alpha value is -2.04. The molecule has 1 rings (SSSR count). The fourth-order valence-corrected chi connectivity index (χ4v) is 1.38. The van der Waals surface area contributed by atoms with Crippen LogP contribution in [0.15, 0.2) is 29.4 Å². The summed E-state index contributed by atoms with van der Waals surface area (Å²) in [5.74, 6) is 0. The molecular weight excluding hydrogens is 232 g/mol. The number of hydrogen-bond donors (Lipinski definition) is 2. The Balaban J connectivity index is 2.88. The van der Waals surface area contributed by atoms with Crippen LogP contribution in [-0.2, 0) is 4.74 Å². The summed E-state index contributed by atoms with van der Waals surface area (Å²) >= 11 is 0. The van der Waals surface area contributed by atoms with Crippen LogP contribution in [0, 0.1) is 0 Å². The summed E-state index contributed by atoms with van der Waals surface area (Å²) in [6.07, 6.45) is -0.541. The summed E-state index contributed by atoms with van der Waals surface area (Å²) in [6.45, 7) is 7.02. The minimum atomic E-state index is -0.556. The monoisotopic (exact) mass is 250 g/mol. The molecule has 0 aromatic heterocycles. The van der Waals surface area contributed by atoms with Crippen LogP contribution in [0.4, 0.5) is 10.5 Å². The fourth-order valence-electron chi connectivity index (χ4n) is 1.38. The SMILES string of the molecule is C/C(=N/O)c1ccccc1NC(=O)OC(C)(C)C. The Morgan fingerprint density at radius 3 is 2.50 bits per heavy atom. The highest BCUT2D eigenvalue weighted by Crippen LogP contribution is 2.17. The van der Waals surface area contributed by atoms with Gasteiger partial charge in [0.1, 0.15) is 5.60 Å². The highest BCUT2D eigenvalue weighted by atomic mass is 16.6. The molecule has 0 saturated heterocycles. The zero-order chi connectivity index (χ0) is 13.8. The predicted octanol–water partition coefficient (Wildman–Crippen LogP) is 3.23. The van der Waals surface area contributed by atoms with Crippen molar-refractivity contribution >= 4 is 17.5 Å². The molecule has 5 heteroatoms. The van der Waals surface area contributed by atoms with Gasteiger partial charge in [0.15, 0.2) is 0 Å². The number of rotatable bonds is 2. The molecule has 0 aliphatic heterocycles. The van der Waals surface area contributed by atoms with Gasteiger partial charge >= 0.3 is 6.09 Å². The van der Waals surface area contributed by atoms with Crippen molar-refractivity contribution in [2.45, 2.75) is 33.3 Å². The van der Waals surface area contributed by atoms with Gasteiger partial charge in [-0.05, 0) is 33.8 Å². The van der Waals surface area contributed by atoms with Gasteiger partial charge in [0.2, 0.25) is 0 Å². The number of hydrogen-bond acceptors (Lipinski definition) is 4. The number of amides is 1. The van der Waals surface area contributed by atoms with Gasteiger partial charge in [0, 0.05) is 5.56 Å². The number of nitrogens with one attached hydrogen (secondary N) is 1. The summed E-state index contributed by atoms with van der Waals surface area (Å²) in [4.78, 5) is 11.7. The van der Waals surface area contributed by atoms with Crippen molar-refractivity contribution in [2.24, 2.45) is 5.16 Å². The van der Waals surface area contributed by atoms with Gasteiger partial charge in [-0.25, -0.2) is 4.79 Å². The van der Waals surface area contributed by atoms with Gasteiger partial charge in [0.25, 0.3) is 0 Å². The molecule has 0 atom stereocenters.